The lowest BCUT2D eigenvalue weighted by Gasteiger charge is -2.42. The summed E-state index contributed by atoms with van der Waals surface area (Å²) in [5.41, 5.74) is -0.359. The smallest absolute Gasteiger partial charge is 0.242 e. The van der Waals surface area contributed by atoms with Crippen LogP contribution in [0.2, 0.25) is 0 Å². The van der Waals surface area contributed by atoms with Crippen LogP contribution < -0.4 is 48.4 Å². The number of hydrogen-bond donors (Lipinski definition) is 18. The van der Waals surface area contributed by atoms with Crippen molar-refractivity contribution in [1.82, 2.24) is 47.5 Å². The van der Waals surface area contributed by atoms with Gasteiger partial charge >= 0.3 is 0 Å². The first-order valence-electron chi connectivity index (χ1n) is 32.5. The van der Waals surface area contributed by atoms with Crippen molar-refractivity contribution in [2.75, 3.05) is 125 Å². The summed E-state index contributed by atoms with van der Waals surface area (Å²) in [6.07, 6.45) is -18.5. The molecule has 566 valence electrons. The fraction of sp³-hybridized carbons (Fsp3) is 0.847. The maximum atomic E-state index is 13.8. The van der Waals surface area contributed by atoms with E-state index in [1.54, 1.807) is 0 Å². The predicted molar refractivity (Wildman–Crippen MR) is 334 cm³/mol. The first kappa shape index (κ1) is 86.6. The van der Waals surface area contributed by atoms with E-state index in [0.717, 1.165) is 5.01 Å². The molecule has 17 atom stereocenters. The Morgan fingerprint density at radius 1 is 0.449 bits per heavy atom. The number of aliphatic hydroxyl groups excluding tert-OH is 9. The minimum Gasteiger partial charge on any atom is -0.394 e. The van der Waals surface area contributed by atoms with Gasteiger partial charge in [-0.2, -0.15) is 0 Å². The van der Waals surface area contributed by atoms with Gasteiger partial charge in [0.15, 0.2) is 18.9 Å². The molecule has 0 saturated carbocycles. The van der Waals surface area contributed by atoms with Crippen molar-refractivity contribution in [1.29, 1.82) is 0 Å². The van der Waals surface area contributed by atoms with E-state index in [4.69, 9.17) is 57.9 Å². The zero-order valence-corrected chi connectivity index (χ0v) is 56.4. The second kappa shape index (κ2) is 46.7. The molecule has 0 aromatic carbocycles. The molecule has 9 amide bonds. The van der Waals surface area contributed by atoms with Crippen molar-refractivity contribution in [3.8, 4) is 0 Å². The molecular formula is C59H106N10O29. The fourth-order valence-electron chi connectivity index (χ4n) is 9.87. The molecule has 0 aromatic rings. The Hall–Kier alpha value is -5.61. The molecule has 0 radical (unpaired) electrons. The van der Waals surface area contributed by atoms with Crippen LogP contribution in [-0.4, -0.2) is 339 Å². The SMILES string of the molecule is CC(=O)NC1C(OCCOCCNC(=O)CCC(NC(=O)CCC(NC(=O)CCCC(=O)N(N)CCOCCOC(C)(C)C)C(=O)NCCOCCOC2OC(CO)C(O)C(O)C2NC(C)=O)C(=O)NCCOCCOC2OC(CO)C(O)C(O)C2NC(C)=O)OC(CO)C(O)C1O. The summed E-state index contributed by atoms with van der Waals surface area (Å²) in [6.45, 7) is 6.58. The highest BCUT2D eigenvalue weighted by molar-refractivity contribution is 5.90. The average Bonchev–Trinajstić information content (AvgIpc) is 0.827. The lowest BCUT2D eigenvalue weighted by Crippen LogP contribution is -2.64. The molecule has 3 fully saturated rings. The van der Waals surface area contributed by atoms with Gasteiger partial charge in [-0.1, -0.05) is 0 Å². The summed E-state index contributed by atoms with van der Waals surface area (Å²) >= 11 is 0. The van der Waals surface area contributed by atoms with E-state index in [2.05, 4.69) is 42.5 Å². The van der Waals surface area contributed by atoms with Gasteiger partial charge in [-0.15, -0.1) is 0 Å². The Labute approximate surface area is 567 Å². The molecule has 3 saturated heterocycles. The molecule has 3 heterocycles. The van der Waals surface area contributed by atoms with E-state index in [-0.39, 0.29) is 143 Å². The van der Waals surface area contributed by atoms with Gasteiger partial charge in [0.1, 0.15) is 85.1 Å². The molecule has 98 heavy (non-hydrogen) atoms. The maximum absolute atomic E-state index is 13.8. The normalized spacial score (nSPS) is 26.2. The number of nitrogens with zero attached hydrogens (tertiary/aromatic N) is 1. The number of hydrazine groups is 1. The largest absolute Gasteiger partial charge is 0.394 e. The fourth-order valence-corrected chi connectivity index (χ4v) is 9.87. The predicted octanol–water partition coefficient (Wildman–Crippen LogP) is -9.50. The average molecular weight is 1420 g/mol. The molecule has 0 bridgehead atoms. The third-order valence-corrected chi connectivity index (χ3v) is 14.9. The van der Waals surface area contributed by atoms with Crippen LogP contribution in [0.25, 0.3) is 0 Å². The second-order valence-corrected chi connectivity index (χ2v) is 24.0. The van der Waals surface area contributed by atoms with Gasteiger partial charge in [0.2, 0.25) is 53.2 Å². The molecule has 39 heteroatoms. The Bertz CT molecular complexity index is 2410. The number of aliphatic hydroxyl groups is 9. The first-order chi connectivity index (χ1) is 46.5. The summed E-state index contributed by atoms with van der Waals surface area (Å²) < 4.78 is 61.3. The van der Waals surface area contributed by atoms with Crippen molar-refractivity contribution in [2.24, 2.45) is 5.84 Å². The number of amides is 9. The lowest BCUT2D eigenvalue weighted by atomic mass is 9.97. The molecule has 19 N–H and O–H groups in total. The summed E-state index contributed by atoms with van der Waals surface area (Å²) in [4.78, 5) is 116. The molecule has 3 rings (SSSR count). The lowest BCUT2D eigenvalue weighted by molar-refractivity contribution is -0.272. The van der Waals surface area contributed by atoms with Crippen molar-refractivity contribution in [3.63, 3.8) is 0 Å². The zero-order valence-electron chi connectivity index (χ0n) is 56.4. The van der Waals surface area contributed by atoms with Gasteiger partial charge < -0.3 is 141 Å². The molecule has 0 spiro atoms. The molecule has 3 aliphatic heterocycles. The number of hydrogen-bond acceptors (Lipinski definition) is 30. The van der Waals surface area contributed by atoms with Crippen LogP contribution in [0.4, 0.5) is 0 Å². The monoisotopic (exact) mass is 1420 g/mol. The number of nitrogens with one attached hydrogen (secondary N) is 8. The Morgan fingerprint density at radius 2 is 0.796 bits per heavy atom. The van der Waals surface area contributed by atoms with Crippen LogP contribution in [0.1, 0.15) is 86.5 Å². The Balaban J connectivity index is 1.66. The standard InChI is InChI=1S/C59H106N10O29/c1-33(73)64-45-51(83)48(80)38(30-70)96-56(45)92-26-22-88-18-14-61-41(76)12-10-36(54(86)62-15-19-89-23-27-93-57-46(65-34(2)74)52(84)49(81)39(31-71)97-57)68-43(78)13-11-37(67-42(77)8-7-9-44(79)69(60)17-21-91-25-29-95-59(4,5)6)55(87)63-16-20-90-24-28-94-58-47(66-35(3)75)53(85)50(82)40(32-72)98-58/h36-40,45-53,56-58,70-72,80-85H,7-32,60H2,1-6H3,(H,61,76)(H,62,86)(H,63,87)(H,64,73)(H,65,74)(H,66,75)(H,67,77)(H,68,78). The van der Waals surface area contributed by atoms with E-state index in [1.807, 2.05) is 20.8 Å². The van der Waals surface area contributed by atoms with E-state index in [9.17, 15) is 89.1 Å². The second-order valence-electron chi connectivity index (χ2n) is 24.0. The van der Waals surface area contributed by atoms with Gasteiger partial charge in [0.25, 0.3) is 0 Å². The highest BCUT2D eigenvalue weighted by Gasteiger charge is 2.48. The van der Waals surface area contributed by atoms with E-state index < -0.39 is 183 Å². The Morgan fingerprint density at radius 3 is 1.16 bits per heavy atom. The molecule has 17 unspecified atom stereocenters. The number of carbonyl (C=O) groups is 9. The molecule has 39 nitrogen and oxygen atoms in total. The summed E-state index contributed by atoms with van der Waals surface area (Å²) in [7, 11) is 0. The first-order valence-corrected chi connectivity index (χ1v) is 32.5. The number of rotatable bonds is 47. The van der Waals surface area contributed by atoms with Gasteiger partial charge in [-0.3, -0.25) is 48.2 Å². The third kappa shape index (κ3) is 32.8. The van der Waals surface area contributed by atoms with Gasteiger partial charge in [0.05, 0.1) is 111 Å². The number of ether oxygens (including phenoxy) is 11. The van der Waals surface area contributed by atoms with Gasteiger partial charge in [-0.25, -0.2) is 5.84 Å². The maximum Gasteiger partial charge on any atom is 0.242 e. The van der Waals surface area contributed by atoms with Crippen LogP contribution in [0.3, 0.4) is 0 Å². The summed E-state index contributed by atoms with van der Waals surface area (Å²) in [5, 5.41) is 113. The third-order valence-electron chi connectivity index (χ3n) is 14.9. The highest BCUT2D eigenvalue weighted by Crippen LogP contribution is 2.25. The molecule has 0 aliphatic carbocycles. The van der Waals surface area contributed by atoms with Crippen LogP contribution in [0.15, 0.2) is 0 Å². The summed E-state index contributed by atoms with van der Waals surface area (Å²) in [6, 6.07) is -6.33. The van der Waals surface area contributed by atoms with Crippen molar-refractivity contribution in [3.05, 3.63) is 0 Å². The number of nitrogens with two attached hydrogens (primary N) is 1. The highest BCUT2D eigenvalue weighted by atomic mass is 16.7. The zero-order chi connectivity index (χ0) is 72.9. The van der Waals surface area contributed by atoms with Crippen LogP contribution in [0.5, 0.6) is 0 Å². The van der Waals surface area contributed by atoms with E-state index >= 15 is 0 Å². The van der Waals surface area contributed by atoms with Crippen molar-refractivity contribution < 1.29 is 141 Å². The quantitative estimate of drug-likeness (QED) is 0.0116. The van der Waals surface area contributed by atoms with E-state index in [1.165, 1.54) is 20.8 Å². The molecule has 0 aromatic heterocycles. The van der Waals surface area contributed by atoms with Crippen LogP contribution in [0, 0.1) is 0 Å². The van der Waals surface area contributed by atoms with E-state index in [0.29, 0.717) is 6.61 Å². The molecule has 3 aliphatic rings. The van der Waals surface area contributed by atoms with Gasteiger partial charge in [0, 0.05) is 66.1 Å². The van der Waals surface area contributed by atoms with Crippen molar-refractivity contribution >= 4 is 53.2 Å². The van der Waals surface area contributed by atoms with Gasteiger partial charge in [-0.05, 0) is 40.0 Å². The number of carbonyl (C=O) groups excluding carboxylic acids is 9. The van der Waals surface area contributed by atoms with Crippen molar-refractivity contribution in [2.45, 2.75) is 196 Å². The van der Waals surface area contributed by atoms with Crippen LogP contribution in [-0.2, 0) is 95.3 Å². The van der Waals surface area contributed by atoms with Crippen LogP contribution >= 0.6 is 0 Å². The minimum absolute atomic E-state index is 0.00973. The minimum atomic E-state index is -1.55. The topological polar surface area (TPSA) is 563 Å². The Kier molecular flexibility index (Phi) is 41.3. The molecular weight excluding hydrogens is 1310 g/mol. The summed E-state index contributed by atoms with van der Waals surface area (Å²) in [5.74, 6) is 0.220.